The predicted octanol–water partition coefficient (Wildman–Crippen LogP) is 3.68. The minimum Gasteiger partial charge on any atom is -0.426 e. The van der Waals surface area contributed by atoms with Crippen molar-refractivity contribution in [3.63, 3.8) is 0 Å². The van der Waals surface area contributed by atoms with E-state index in [-0.39, 0.29) is 17.9 Å². The Morgan fingerprint density at radius 2 is 1.82 bits per heavy atom. The predicted molar refractivity (Wildman–Crippen MR) is 77.7 cm³/mol. The Bertz CT molecular complexity index is 685. The summed E-state index contributed by atoms with van der Waals surface area (Å²) in [5.74, 6) is -0.258. The van der Waals surface area contributed by atoms with Gasteiger partial charge in [-0.05, 0) is 23.2 Å². The van der Waals surface area contributed by atoms with Crippen molar-refractivity contribution in [1.29, 1.82) is 0 Å². The average Bonchev–Trinajstić information content (AvgIpc) is 2.50. The van der Waals surface area contributed by atoms with Crippen LogP contribution in [0.15, 0.2) is 53.6 Å². The highest BCUT2D eigenvalue weighted by molar-refractivity contribution is 5.75. The molecule has 0 spiro atoms. The minimum absolute atomic E-state index is 0.0353. The number of esters is 1. The van der Waals surface area contributed by atoms with Crippen LogP contribution < -0.4 is 4.74 Å². The fraction of sp³-hybridized carbons (Fsp3) is 0.0714. The highest BCUT2D eigenvalue weighted by atomic mass is 16.6. The molecule has 2 aromatic rings. The van der Waals surface area contributed by atoms with Gasteiger partial charge in [0.15, 0.2) is 0 Å². The van der Waals surface area contributed by atoms with Gasteiger partial charge in [0.2, 0.25) is 0 Å². The fourth-order valence-electron chi connectivity index (χ4n) is 1.70. The van der Waals surface area contributed by atoms with Gasteiger partial charge in [0.25, 0.3) is 5.69 Å². The number of azide groups is 1. The van der Waals surface area contributed by atoms with Gasteiger partial charge in [-0.1, -0.05) is 29.4 Å². The average molecular weight is 298 g/mol. The summed E-state index contributed by atoms with van der Waals surface area (Å²) < 4.78 is 5.09. The molecule has 0 aromatic heterocycles. The van der Waals surface area contributed by atoms with Crippen LogP contribution >= 0.6 is 0 Å². The molecule has 0 fully saturated rings. The van der Waals surface area contributed by atoms with Crippen LogP contribution in [0.5, 0.6) is 5.75 Å². The van der Waals surface area contributed by atoms with E-state index in [0.29, 0.717) is 11.3 Å². The van der Waals surface area contributed by atoms with Gasteiger partial charge in [-0.15, -0.1) is 0 Å². The van der Waals surface area contributed by atoms with Gasteiger partial charge < -0.3 is 4.74 Å². The second-order valence-electron chi connectivity index (χ2n) is 4.26. The second kappa shape index (κ2) is 6.87. The number of nitro groups is 1. The maximum atomic E-state index is 11.8. The first-order chi connectivity index (χ1) is 10.6. The van der Waals surface area contributed by atoms with Crippen molar-refractivity contribution < 1.29 is 14.5 Å². The number of hydrogen-bond donors (Lipinski definition) is 0. The highest BCUT2D eigenvalue weighted by Gasteiger charge is 2.09. The number of hydrogen-bond acceptors (Lipinski definition) is 5. The van der Waals surface area contributed by atoms with Gasteiger partial charge in [0.1, 0.15) is 5.75 Å². The van der Waals surface area contributed by atoms with E-state index in [0.717, 1.165) is 0 Å². The molecule has 0 N–H and O–H groups in total. The van der Waals surface area contributed by atoms with E-state index in [2.05, 4.69) is 10.0 Å². The number of ether oxygens (including phenoxy) is 1. The summed E-state index contributed by atoms with van der Waals surface area (Å²) >= 11 is 0. The van der Waals surface area contributed by atoms with Crippen molar-refractivity contribution in [2.75, 3.05) is 0 Å². The van der Waals surface area contributed by atoms with Crippen LogP contribution in [0.2, 0.25) is 0 Å². The lowest BCUT2D eigenvalue weighted by Crippen LogP contribution is -2.11. The van der Waals surface area contributed by atoms with Crippen LogP contribution in [0.3, 0.4) is 0 Å². The van der Waals surface area contributed by atoms with Crippen molar-refractivity contribution in [3.8, 4) is 5.75 Å². The topological polar surface area (TPSA) is 118 Å². The van der Waals surface area contributed by atoms with E-state index in [1.165, 1.54) is 24.3 Å². The molecule has 0 radical (unpaired) electrons. The van der Waals surface area contributed by atoms with Crippen LogP contribution in [-0.2, 0) is 11.2 Å². The first kappa shape index (κ1) is 15.0. The number of rotatable bonds is 5. The number of non-ortho nitro benzene ring substituents is 1. The Labute approximate surface area is 124 Å². The second-order valence-corrected chi connectivity index (χ2v) is 4.26. The molecule has 0 atom stereocenters. The molecule has 2 aromatic carbocycles. The Balaban J connectivity index is 1.97. The van der Waals surface area contributed by atoms with Crippen molar-refractivity contribution >= 4 is 17.3 Å². The summed E-state index contributed by atoms with van der Waals surface area (Å²) in [5.41, 5.74) is 9.37. The van der Waals surface area contributed by atoms with Crippen molar-refractivity contribution in [2.45, 2.75) is 6.42 Å². The normalized spacial score (nSPS) is 9.64. The molecule has 8 nitrogen and oxygen atoms in total. The summed E-state index contributed by atoms with van der Waals surface area (Å²) in [6, 6.07) is 11.7. The van der Waals surface area contributed by atoms with Gasteiger partial charge in [-0.3, -0.25) is 14.9 Å². The molecule has 0 aliphatic heterocycles. The molecule has 0 unspecified atom stereocenters. The molecule has 0 aliphatic rings. The molecule has 8 heteroatoms. The third kappa shape index (κ3) is 4.06. The summed E-state index contributed by atoms with van der Waals surface area (Å²) in [6.07, 6.45) is 0.0353. The van der Waals surface area contributed by atoms with E-state index in [4.69, 9.17) is 10.3 Å². The Hall–Kier alpha value is -3.38. The molecule has 0 bridgehead atoms. The zero-order chi connectivity index (χ0) is 15.9. The van der Waals surface area contributed by atoms with Crippen molar-refractivity contribution in [2.24, 2.45) is 5.11 Å². The Kier molecular flexibility index (Phi) is 4.69. The van der Waals surface area contributed by atoms with Crippen LogP contribution in [-0.4, -0.2) is 10.9 Å². The van der Waals surface area contributed by atoms with Crippen molar-refractivity contribution in [3.05, 3.63) is 74.7 Å². The molecule has 0 saturated carbocycles. The van der Waals surface area contributed by atoms with Crippen LogP contribution in [0, 0.1) is 10.1 Å². The lowest BCUT2D eigenvalue weighted by Gasteiger charge is -2.04. The molecule has 0 saturated heterocycles. The fourth-order valence-corrected chi connectivity index (χ4v) is 1.70. The minimum atomic E-state index is -0.531. The molecule has 0 aliphatic carbocycles. The van der Waals surface area contributed by atoms with E-state index >= 15 is 0 Å². The van der Waals surface area contributed by atoms with Gasteiger partial charge in [-0.2, -0.15) is 0 Å². The van der Waals surface area contributed by atoms with Gasteiger partial charge in [0, 0.05) is 22.7 Å². The largest absolute Gasteiger partial charge is 0.426 e. The molecule has 0 heterocycles. The molecule has 0 amide bonds. The zero-order valence-electron chi connectivity index (χ0n) is 11.2. The molecular weight excluding hydrogens is 288 g/mol. The Morgan fingerprint density at radius 3 is 2.36 bits per heavy atom. The van der Waals surface area contributed by atoms with Gasteiger partial charge in [0.05, 0.1) is 11.3 Å². The van der Waals surface area contributed by atoms with Crippen LogP contribution in [0.4, 0.5) is 11.4 Å². The monoisotopic (exact) mass is 298 g/mol. The van der Waals surface area contributed by atoms with Gasteiger partial charge >= 0.3 is 5.97 Å². The number of carbonyl (C=O) groups is 1. The zero-order valence-corrected chi connectivity index (χ0v) is 11.2. The number of nitro benzene ring substituents is 1. The first-order valence-corrected chi connectivity index (χ1v) is 6.17. The summed E-state index contributed by atoms with van der Waals surface area (Å²) in [7, 11) is 0. The third-order valence-electron chi connectivity index (χ3n) is 2.72. The number of nitrogens with zero attached hydrogens (tertiary/aromatic N) is 4. The lowest BCUT2D eigenvalue weighted by molar-refractivity contribution is -0.384. The third-order valence-corrected chi connectivity index (χ3v) is 2.72. The van der Waals surface area contributed by atoms with Gasteiger partial charge in [-0.25, -0.2) is 0 Å². The number of carbonyl (C=O) groups excluding carboxylic acids is 1. The molecular formula is C14H10N4O4. The number of benzene rings is 2. The summed E-state index contributed by atoms with van der Waals surface area (Å²) in [6.45, 7) is 0. The van der Waals surface area contributed by atoms with E-state index in [9.17, 15) is 14.9 Å². The smallest absolute Gasteiger partial charge is 0.315 e. The molecule has 2 rings (SSSR count). The van der Waals surface area contributed by atoms with Crippen LogP contribution in [0.25, 0.3) is 10.4 Å². The van der Waals surface area contributed by atoms with E-state index in [1.807, 2.05) is 0 Å². The first-order valence-electron chi connectivity index (χ1n) is 6.17. The maximum absolute atomic E-state index is 11.8. The SMILES string of the molecule is [N-]=[N+]=Nc1ccc(CC(=O)Oc2ccc([N+](=O)[O-])cc2)cc1. The summed E-state index contributed by atoms with van der Waals surface area (Å²) in [4.78, 5) is 24.4. The summed E-state index contributed by atoms with van der Waals surface area (Å²) in [5, 5.41) is 13.9. The maximum Gasteiger partial charge on any atom is 0.315 e. The quantitative estimate of drug-likeness (QED) is 0.159. The molecule has 22 heavy (non-hydrogen) atoms. The van der Waals surface area contributed by atoms with Crippen molar-refractivity contribution in [1.82, 2.24) is 0 Å². The van der Waals surface area contributed by atoms with Crippen LogP contribution in [0.1, 0.15) is 5.56 Å². The molecule has 110 valence electrons. The van der Waals surface area contributed by atoms with E-state index in [1.54, 1.807) is 24.3 Å². The highest BCUT2D eigenvalue weighted by Crippen LogP contribution is 2.18. The Morgan fingerprint density at radius 1 is 1.18 bits per heavy atom. The van der Waals surface area contributed by atoms with E-state index < -0.39 is 10.9 Å². The lowest BCUT2D eigenvalue weighted by atomic mass is 10.1. The standard InChI is InChI=1S/C14H10N4O4/c15-17-16-11-3-1-10(2-4-11)9-14(19)22-13-7-5-12(6-8-13)18(20)21/h1-8H,9H2.